The molecule has 100 valence electrons. The number of nitrogens with two attached hydrogens (primary N) is 1. The molecule has 2 N–H and O–H groups in total. The third kappa shape index (κ3) is 4.04. The summed E-state index contributed by atoms with van der Waals surface area (Å²) in [4.78, 5) is 5.28. The highest BCUT2D eigenvalue weighted by molar-refractivity contribution is 7.99. The molecule has 0 radical (unpaired) electrons. The molecule has 1 heterocycles. The zero-order valence-electron chi connectivity index (χ0n) is 10.6. The molecule has 0 fully saturated rings. The standard InChI is InChI=1S/C14H15ClN2OS/c1-2-7-18-13-8-11(4-5-12(13)16)19-14-6-3-10(15)9-17-14/h3-6,8-9H,2,7,16H2,1H3. The van der Waals surface area contributed by atoms with E-state index in [0.29, 0.717) is 17.3 Å². The van der Waals surface area contributed by atoms with Crippen LogP contribution in [-0.2, 0) is 0 Å². The van der Waals surface area contributed by atoms with Gasteiger partial charge < -0.3 is 10.5 Å². The van der Waals surface area contributed by atoms with E-state index in [2.05, 4.69) is 11.9 Å². The minimum absolute atomic E-state index is 0.633. The largest absolute Gasteiger partial charge is 0.491 e. The fourth-order valence-electron chi connectivity index (χ4n) is 1.46. The molecule has 0 spiro atoms. The summed E-state index contributed by atoms with van der Waals surface area (Å²) in [6.45, 7) is 2.73. The van der Waals surface area contributed by atoms with Gasteiger partial charge in [-0.05, 0) is 36.8 Å². The summed E-state index contributed by atoms with van der Waals surface area (Å²) < 4.78 is 5.60. The van der Waals surface area contributed by atoms with Crippen molar-refractivity contribution in [3.8, 4) is 5.75 Å². The van der Waals surface area contributed by atoms with E-state index in [1.54, 1.807) is 18.0 Å². The molecule has 0 unspecified atom stereocenters. The Labute approximate surface area is 122 Å². The normalized spacial score (nSPS) is 10.4. The van der Waals surface area contributed by atoms with Crippen LogP contribution in [0.2, 0.25) is 5.02 Å². The van der Waals surface area contributed by atoms with E-state index in [-0.39, 0.29) is 0 Å². The van der Waals surface area contributed by atoms with E-state index in [1.165, 1.54) is 0 Å². The van der Waals surface area contributed by atoms with Gasteiger partial charge in [-0.3, -0.25) is 0 Å². The molecule has 5 heteroatoms. The molecule has 0 saturated carbocycles. The van der Waals surface area contributed by atoms with Crippen molar-refractivity contribution in [2.45, 2.75) is 23.3 Å². The molecule has 2 rings (SSSR count). The van der Waals surface area contributed by atoms with E-state index < -0.39 is 0 Å². The average Bonchev–Trinajstić information content (AvgIpc) is 2.42. The predicted molar refractivity (Wildman–Crippen MR) is 80.0 cm³/mol. The molecule has 19 heavy (non-hydrogen) atoms. The first-order valence-electron chi connectivity index (χ1n) is 6.01. The number of rotatable bonds is 5. The summed E-state index contributed by atoms with van der Waals surface area (Å²) in [5.74, 6) is 0.723. The first-order valence-corrected chi connectivity index (χ1v) is 7.20. The molecule has 0 aliphatic heterocycles. The van der Waals surface area contributed by atoms with E-state index >= 15 is 0 Å². The second-order valence-corrected chi connectivity index (χ2v) is 5.50. The topological polar surface area (TPSA) is 48.1 Å². The molecule has 3 nitrogen and oxygen atoms in total. The van der Waals surface area contributed by atoms with Crippen LogP contribution >= 0.6 is 23.4 Å². The van der Waals surface area contributed by atoms with Gasteiger partial charge in [-0.25, -0.2) is 4.98 Å². The Kier molecular flexibility index (Phi) is 4.93. The van der Waals surface area contributed by atoms with Crippen LogP contribution in [0, 0.1) is 0 Å². The number of benzene rings is 1. The molecular formula is C14H15ClN2OS. The van der Waals surface area contributed by atoms with Crippen LogP contribution < -0.4 is 10.5 Å². The number of ether oxygens (including phenoxy) is 1. The number of hydrogen-bond donors (Lipinski definition) is 1. The van der Waals surface area contributed by atoms with Gasteiger partial charge in [0, 0.05) is 11.1 Å². The predicted octanol–water partition coefficient (Wildman–Crippen LogP) is 4.26. The zero-order chi connectivity index (χ0) is 13.7. The van der Waals surface area contributed by atoms with Gasteiger partial charge in [0.1, 0.15) is 10.8 Å². The fraction of sp³-hybridized carbons (Fsp3) is 0.214. The highest BCUT2D eigenvalue weighted by Crippen LogP contribution is 2.32. The molecule has 0 saturated heterocycles. The lowest BCUT2D eigenvalue weighted by molar-refractivity contribution is 0.318. The van der Waals surface area contributed by atoms with Crippen molar-refractivity contribution in [1.82, 2.24) is 4.98 Å². The van der Waals surface area contributed by atoms with Crippen LogP contribution in [0.3, 0.4) is 0 Å². The SMILES string of the molecule is CCCOc1cc(Sc2ccc(Cl)cn2)ccc1N. The maximum atomic E-state index is 5.88. The Morgan fingerprint density at radius 2 is 2.16 bits per heavy atom. The third-order valence-corrected chi connectivity index (χ3v) is 3.53. The van der Waals surface area contributed by atoms with Crippen molar-refractivity contribution in [2.75, 3.05) is 12.3 Å². The Balaban J connectivity index is 2.14. The molecular weight excluding hydrogens is 280 g/mol. The molecule has 0 amide bonds. The van der Waals surface area contributed by atoms with Crippen LogP contribution in [0.15, 0.2) is 46.5 Å². The Bertz CT molecular complexity index is 546. The molecule has 2 aromatic rings. The van der Waals surface area contributed by atoms with Crippen LogP contribution in [0.4, 0.5) is 5.69 Å². The maximum absolute atomic E-state index is 5.88. The second kappa shape index (κ2) is 6.68. The number of nitrogens with zero attached hydrogens (tertiary/aromatic N) is 1. The fourth-order valence-corrected chi connectivity index (χ4v) is 2.36. The van der Waals surface area contributed by atoms with Crippen LogP contribution in [0.1, 0.15) is 13.3 Å². The maximum Gasteiger partial charge on any atom is 0.143 e. The van der Waals surface area contributed by atoms with Gasteiger partial charge >= 0.3 is 0 Å². The monoisotopic (exact) mass is 294 g/mol. The number of halogens is 1. The van der Waals surface area contributed by atoms with Gasteiger partial charge in [0.25, 0.3) is 0 Å². The van der Waals surface area contributed by atoms with Crippen LogP contribution in [-0.4, -0.2) is 11.6 Å². The first-order chi connectivity index (χ1) is 9.19. The van der Waals surface area contributed by atoms with Gasteiger partial charge in [0.15, 0.2) is 0 Å². The zero-order valence-corrected chi connectivity index (χ0v) is 12.2. The summed E-state index contributed by atoms with van der Waals surface area (Å²) in [5.41, 5.74) is 6.53. The number of pyridine rings is 1. The quantitative estimate of drug-likeness (QED) is 0.837. The summed E-state index contributed by atoms with van der Waals surface area (Å²) in [7, 11) is 0. The van der Waals surface area contributed by atoms with E-state index in [0.717, 1.165) is 22.1 Å². The summed E-state index contributed by atoms with van der Waals surface area (Å²) in [6.07, 6.45) is 2.59. The number of hydrogen-bond acceptors (Lipinski definition) is 4. The number of anilines is 1. The Morgan fingerprint density at radius 3 is 2.84 bits per heavy atom. The first kappa shape index (κ1) is 14.0. The molecule has 0 atom stereocenters. The van der Waals surface area contributed by atoms with Crippen molar-refractivity contribution in [1.29, 1.82) is 0 Å². The number of aromatic nitrogens is 1. The van der Waals surface area contributed by atoms with Gasteiger partial charge in [0.2, 0.25) is 0 Å². The lowest BCUT2D eigenvalue weighted by atomic mass is 10.3. The van der Waals surface area contributed by atoms with Crippen molar-refractivity contribution >= 4 is 29.1 Å². The molecule has 1 aromatic carbocycles. The van der Waals surface area contributed by atoms with E-state index in [1.807, 2.05) is 30.3 Å². The van der Waals surface area contributed by atoms with Gasteiger partial charge in [-0.15, -0.1) is 0 Å². The summed E-state index contributed by atoms with van der Waals surface area (Å²) in [6, 6.07) is 9.45. The molecule has 0 aliphatic carbocycles. The Morgan fingerprint density at radius 1 is 1.32 bits per heavy atom. The van der Waals surface area contributed by atoms with Crippen molar-refractivity contribution in [3.63, 3.8) is 0 Å². The van der Waals surface area contributed by atoms with Gasteiger partial charge in [-0.1, -0.05) is 30.3 Å². The van der Waals surface area contributed by atoms with Crippen molar-refractivity contribution in [2.24, 2.45) is 0 Å². The lowest BCUT2D eigenvalue weighted by Crippen LogP contribution is -1.99. The van der Waals surface area contributed by atoms with Crippen molar-refractivity contribution in [3.05, 3.63) is 41.6 Å². The minimum Gasteiger partial charge on any atom is -0.491 e. The second-order valence-electron chi connectivity index (χ2n) is 3.96. The highest BCUT2D eigenvalue weighted by atomic mass is 35.5. The highest BCUT2D eigenvalue weighted by Gasteiger charge is 2.04. The van der Waals surface area contributed by atoms with Gasteiger partial charge in [-0.2, -0.15) is 0 Å². The van der Waals surface area contributed by atoms with Crippen molar-refractivity contribution < 1.29 is 4.74 Å². The number of nitrogen functional groups attached to an aromatic ring is 1. The van der Waals surface area contributed by atoms with Gasteiger partial charge in [0.05, 0.1) is 17.3 Å². The Hall–Kier alpha value is -1.39. The van der Waals surface area contributed by atoms with E-state index in [9.17, 15) is 0 Å². The summed E-state index contributed by atoms with van der Waals surface area (Å²) in [5, 5.41) is 1.52. The smallest absolute Gasteiger partial charge is 0.143 e. The van der Waals surface area contributed by atoms with Crippen LogP contribution in [0.5, 0.6) is 5.75 Å². The lowest BCUT2D eigenvalue weighted by Gasteiger charge is -2.09. The molecule has 0 aliphatic rings. The average molecular weight is 295 g/mol. The minimum atomic E-state index is 0.633. The third-order valence-electron chi connectivity index (χ3n) is 2.37. The molecule has 0 bridgehead atoms. The summed E-state index contributed by atoms with van der Waals surface area (Å²) >= 11 is 7.36. The van der Waals surface area contributed by atoms with E-state index in [4.69, 9.17) is 22.1 Å². The van der Waals surface area contributed by atoms with Crippen LogP contribution in [0.25, 0.3) is 0 Å². The molecule has 1 aromatic heterocycles.